The normalized spacial score (nSPS) is 63.9. The van der Waals surface area contributed by atoms with Crippen LogP contribution < -0.4 is 5.32 Å². The van der Waals surface area contributed by atoms with E-state index in [1.165, 1.54) is 0 Å². The van der Waals surface area contributed by atoms with Gasteiger partial charge in [-0.3, -0.25) is 0 Å². The van der Waals surface area contributed by atoms with Gasteiger partial charge in [-0.15, -0.1) is 0 Å². The maximum Gasteiger partial charge on any atom is 0.407 e. The maximum absolute atomic E-state index is 11.8. The molecule has 6 aliphatic carbocycles. The van der Waals surface area contributed by atoms with Crippen molar-refractivity contribution in [3.05, 3.63) is 0 Å². The lowest BCUT2D eigenvalue weighted by molar-refractivity contribution is -0.391. The minimum Gasteiger partial charge on any atom is -0.450 e. The standard InChI is InChI=1S/C14H16BrNO4/c1-2-18-11(17)16-12-5-8-6(12)10-7(12)9(5)13(8,15)14(10)19-3-4-20-14/h5-10H,2-4H2,1H3,(H,16,17)/t5?,6-,7+,8-,9-,10?,12?,13?/m0/s1. The van der Waals surface area contributed by atoms with E-state index >= 15 is 0 Å². The number of alkyl carbamates (subject to hydrolysis) is 1. The fourth-order valence-electron chi connectivity index (χ4n) is 7.21. The molecule has 1 saturated heterocycles. The fourth-order valence-corrected chi connectivity index (χ4v) is 8.84. The van der Waals surface area contributed by atoms with Crippen molar-refractivity contribution in [2.24, 2.45) is 35.5 Å². The number of alkyl halides is 1. The van der Waals surface area contributed by atoms with Gasteiger partial charge in [0.2, 0.25) is 0 Å². The van der Waals surface area contributed by atoms with Gasteiger partial charge in [0.1, 0.15) is 0 Å². The van der Waals surface area contributed by atoms with Crippen LogP contribution in [0.25, 0.3) is 0 Å². The molecule has 0 aromatic heterocycles. The van der Waals surface area contributed by atoms with Crippen molar-refractivity contribution in [1.29, 1.82) is 0 Å². The van der Waals surface area contributed by atoms with Crippen LogP contribution in [0.3, 0.4) is 0 Å². The molecule has 1 heterocycles. The Morgan fingerprint density at radius 2 is 1.80 bits per heavy atom. The minimum absolute atomic E-state index is 0.0162. The first-order chi connectivity index (χ1) is 9.64. The van der Waals surface area contributed by atoms with E-state index in [1.54, 1.807) is 0 Å². The Labute approximate surface area is 124 Å². The summed E-state index contributed by atoms with van der Waals surface area (Å²) in [4.78, 5) is 11.8. The van der Waals surface area contributed by atoms with Crippen LogP contribution in [0.5, 0.6) is 0 Å². The summed E-state index contributed by atoms with van der Waals surface area (Å²) < 4.78 is 17.3. The third-order valence-electron chi connectivity index (χ3n) is 7.23. The van der Waals surface area contributed by atoms with Crippen molar-refractivity contribution < 1.29 is 19.0 Å². The van der Waals surface area contributed by atoms with E-state index in [0.717, 1.165) is 0 Å². The molecule has 4 unspecified atom stereocenters. The molecular formula is C14H16BrNO4. The molecule has 1 amide bonds. The van der Waals surface area contributed by atoms with Crippen LogP contribution in [0.4, 0.5) is 4.79 Å². The molecule has 1 aliphatic heterocycles. The molecule has 1 N–H and O–H groups in total. The maximum atomic E-state index is 11.8. The smallest absolute Gasteiger partial charge is 0.407 e. The molecule has 0 radical (unpaired) electrons. The van der Waals surface area contributed by atoms with Gasteiger partial charge in [0.05, 0.1) is 29.7 Å². The van der Waals surface area contributed by atoms with Crippen molar-refractivity contribution in [2.45, 2.75) is 22.6 Å². The van der Waals surface area contributed by atoms with Crippen molar-refractivity contribution in [2.75, 3.05) is 19.8 Å². The number of halogens is 1. The van der Waals surface area contributed by atoms with Crippen molar-refractivity contribution in [3.63, 3.8) is 0 Å². The Morgan fingerprint density at radius 3 is 2.40 bits per heavy atom. The highest BCUT2D eigenvalue weighted by atomic mass is 79.9. The highest BCUT2D eigenvalue weighted by Crippen LogP contribution is 3.01. The van der Waals surface area contributed by atoms with E-state index in [0.29, 0.717) is 55.3 Å². The Balaban J connectivity index is 1.37. The van der Waals surface area contributed by atoms with Crippen LogP contribution in [0, 0.1) is 35.5 Å². The van der Waals surface area contributed by atoms with Gasteiger partial charge in [0.25, 0.3) is 0 Å². The van der Waals surface area contributed by atoms with Gasteiger partial charge in [0, 0.05) is 5.92 Å². The molecule has 7 aliphatic rings. The Kier molecular flexibility index (Phi) is 1.57. The third-order valence-corrected chi connectivity index (χ3v) is 8.84. The van der Waals surface area contributed by atoms with E-state index in [1.807, 2.05) is 6.92 Å². The second-order valence-electron chi connectivity index (χ2n) is 7.07. The zero-order valence-electron chi connectivity index (χ0n) is 11.1. The molecule has 20 heavy (non-hydrogen) atoms. The lowest BCUT2D eigenvalue weighted by Gasteiger charge is -2.91. The molecule has 0 aromatic rings. The van der Waals surface area contributed by atoms with Crippen LogP contribution in [0.2, 0.25) is 0 Å². The summed E-state index contributed by atoms with van der Waals surface area (Å²) in [5.74, 6) is 2.94. The average molecular weight is 342 g/mol. The van der Waals surface area contributed by atoms with Crippen LogP contribution in [0.1, 0.15) is 6.92 Å². The van der Waals surface area contributed by atoms with Gasteiger partial charge in [-0.05, 0) is 36.5 Å². The van der Waals surface area contributed by atoms with Gasteiger partial charge in [0.15, 0.2) is 5.79 Å². The predicted molar refractivity (Wildman–Crippen MR) is 70.1 cm³/mol. The van der Waals surface area contributed by atoms with Gasteiger partial charge in [-0.2, -0.15) is 0 Å². The molecule has 1 spiro atoms. The number of amides is 1. The largest absolute Gasteiger partial charge is 0.450 e. The number of rotatable bonds is 2. The molecule has 0 aromatic carbocycles. The van der Waals surface area contributed by atoms with E-state index < -0.39 is 5.79 Å². The topological polar surface area (TPSA) is 56.8 Å². The number of nitrogens with one attached hydrogen (secondary N) is 1. The summed E-state index contributed by atoms with van der Waals surface area (Å²) in [6.07, 6.45) is -0.255. The number of carbonyl (C=O) groups is 1. The Morgan fingerprint density at radius 1 is 1.20 bits per heavy atom. The molecule has 8 atom stereocenters. The van der Waals surface area contributed by atoms with E-state index in [-0.39, 0.29) is 16.0 Å². The summed E-state index contributed by atoms with van der Waals surface area (Å²) in [6, 6.07) is 0. The minimum atomic E-state index is -0.398. The molecule has 7 rings (SSSR count). The molecular weight excluding hydrogens is 326 g/mol. The van der Waals surface area contributed by atoms with Gasteiger partial charge in [-0.1, -0.05) is 15.9 Å². The summed E-state index contributed by atoms with van der Waals surface area (Å²) >= 11 is 4.00. The van der Waals surface area contributed by atoms with E-state index in [9.17, 15) is 4.79 Å². The van der Waals surface area contributed by atoms with Crippen molar-refractivity contribution >= 4 is 22.0 Å². The summed E-state index contributed by atoms with van der Waals surface area (Å²) in [6.45, 7) is 3.67. The first-order valence-electron chi connectivity index (χ1n) is 7.56. The molecule has 6 saturated carbocycles. The quantitative estimate of drug-likeness (QED) is 0.764. The van der Waals surface area contributed by atoms with Crippen molar-refractivity contribution in [3.8, 4) is 0 Å². The lowest BCUT2D eigenvalue weighted by Crippen LogP contribution is -2.99. The first kappa shape index (κ1) is 11.3. The highest BCUT2D eigenvalue weighted by molar-refractivity contribution is 9.10. The van der Waals surface area contributed by atoms with Crippen LogP contribution in [-0.2, 0) is 14.2 Å². The second kappa shape index (κ2) is 2.79. The fraction of sp³-hybridized carbons (Fsp3) is 0.929. The zero-order chi connectivity index (χ0) is 13.5. The highest BCUT2D eigenvalue weighted by Gasteiger charge is 3.09. The van der Waals surface area contributed by atoms with E-state index in [2.05, 4.69) is 21.2 Å². The lowest BCUT2D eigenvalue weighted by atomic mass is 9.16. The molecule has 6 heteroatoms. The van der Waals surface area contributed by atoms with Gasteiger partial charge < -0.3 is 19.5 Å². The SMILES string of the molecule is CCOC(=O)NC12C3[C@H]4[C@H]1C1[C@H]2[C@H]3C4(Br)C12OCCO2. The number of carbonyl (C=O) groups excluding carboxylic acids is 1. The van der Waals surface area contributed by atoms with Crippen molar-refractivity contribution in [1.82, 2.24) is 5.32 Å². The van der Waals surface area contributed by atoms with Crippen LogP contribution in [0.15, 0.2) is 0 Å². The molecule has 5 nitrogen and oxygen atoms in total. The molecule has 108 valence electrons. The van der Waals surface area contributed by atoms with Gasteiger partial charge >= 0.3 is 6.09 Å². The summed E-state index contributed by atoms with van der Waals surface area (Å²) in [5, 5.41) is 3.18. The molecule has 7 fully saturated rings. The predicted octanol–water partition coefficient (Wildman–Crippen LogP) is 1.11. The van der Waals surface area contributed by atoms with Gasteiger partial charge in [-0.25, -0.2) is 4.79 Å². The summed E-state index contributed by atoms with van der Waals surface area (Å²) in [5.41, 5.74) is 0.0162. The van der Waals surface area contributed by atoms with Crippen LogP contribution >= 0.6 is 15.9 Å². The van der Waals surface area contributed by atoms with E-state index in [4.69, 9.17) is 14.2 Å². The van der Waals surface area contributed by atoms with Crippen LogP contribution in [-0.4, -0.2) is 41.6 Å². The second-order valence-corrected chi connectivity index (χ2v) is 8.38. The number of hydrogen-bond acceptors (Lipinski definition) is 4. The monoisotopic (exact) mass is 341 g/mol. The Bertz CT molecular complexity index is 539. The zero-order valence-corrected chi connectivity index (χ0v) is 12.7. The summed E-state index contributed by atoms with van der Waals surface area (Å²) in [7, 11) is 0. The third kappa shape index (κ3) is 0.669. The Hall–Kier alpha value is -0.330. The molecule has 2 bridgehead atoms. The number of ether oxygens (including phenoxy) is 3. The number of hydrogen-bond donors (Lipinski definition) is 1. The average Bonchev–Trinajstić information content (AvgIpc) is 2.96. The first-order valence-corrected chi connectivity index (χ1v) is 8.35.